The predicted octanol–water partition coefficient (Wildman–Crippen LogP) is 1.10. The minimum atomic E-state index is -2.61. The molecule has 0 saturated carbocycles. The molecule has 2 saturated heterocycles. The fourth-order valence-corrected chi connectivity index (χ4v) is 3.48. The molecule has 1 N–H and O–H groups in total. The molecular formula is C14H18F2N4O3S. The van der Waals surface area contributed by atoms with Crippen molar-refractivity contribution in [3.63, 3.8) is 0 Å². The molecule has 2 aliphatic rings. The van der Waals surface area contributed by atoms with Gasteiger partial charge in [-0.2, -0.15) is 0 Å². The molecule has 0 unspecified atom stereocenters. The number of halogens is 2. The second-order valence-electron chi connectivity index (χ2n) is 5.62. The summed E-state index contributed by atoms with van der Waals surface area (Å²) in [7, 11) is 0. The van der Waals surface area contributed by atoms with Gasteiger partial charge in [-0.05, 0) is 6.42 Å². The van der Waals surface area contributed by atoms with E-state index < -0.39 is 12.5 Å². The molecule has 0 aromatic carbocycles. The van der Waals surface area contributed by atoms with E-state index in [9.17, 15) is 18.4 Å². The number of carbonyl (C=O) groups is 2. The number of hydrogen-bond donors (Lipinski definition) is 1. The Kier molecular flexibility index (Phi) is 5.24. The van der Waals surface area contributed by atoms with Crippen LogP contribution >= 0.6 is 11.3 Å². The van der Waals surface area contributed by atoms with Crippen LogP contribution in [-0.2, 0) is 16.0 Å². The molecule has 0 spiro atoms. The van der Waals surface area contributed by atoms with Crippen LogP contribution in [0.15, 0.2) is 5.38 Å². The number of rotatable bonds is 4. The first kappa shape index (κ1) is 17.0. The molecule has 0 radical (unpaired) electrons. The largest absolute Gasteiger partial charge is 0.369 e. The summed E-state index contributed by atoms with van der Waals surface area (Å²) in [6.45, 7) is 1.53. The second kappa shape index (κ2) is 7.39. The van der Waals surface area contributed by atoms with Gasteiger partial charge in [-0.25, -0.2) is 18.6 Å². The maximum atomic E-state index is 12.7. The summed E-state index contributed by atoms with van der Waals surface area (Å²) >= 11 is 1.29. The SMILES string of the molecule is O=C(Cc1csc(N2CCCNC2=O)n1)N1CCO[C@H](C(F)F)C1. The number of nitrogens with one attached hydrogen (secondary N) is 1. The quantitative estimate of drug-likeness (QED) is 0.873. The van der Waals surface area contributed by atoms with Crippen LogP contribution in [0.2, 0.25) is 0 Å². The Morgan fingerprint density at radius 1 is 1.50 bits per heavy atom. The summed E-state index contributed by atoms with van der Waals surface area (Å²) in [5.41, 5.74) is 0.540. The van der Waals surface area contributed by atoms with E-state index >= 15 is 0 Å². The van der Waals surface area contributed by atoms with Crippen LogP contribution in [0.3, 0.4) is 0 Å². The van der Waals surface area contributed by atoms with E-state index in [0.717, 1.165) is 6.42 Å². The van der Waals surface area contributed by atoms with Crippen molar-refractivity contribution in [2.45, 2.75) is 25.4 Å². The zero-order chi connectivity index (χ0) is 17.1. The highest BCUT2D eigenvalue weighted by molar-refractivity contribution is 7.14. The number of nitrogens with zero attached hydrogens (tertiary/aromatic N) is 3. The Labute approximate surface area is 141 Å². The van der Waals surface area contributed by atoms with Crippen molar-refractivity contribution in [1.29, 1.82) is 0 Å². The summed E-state index contributed by atoms with van der Waals surface area (Å²) in [6, 6.07) is -0.193. The van der Waals surface area contributed by atoms with Crippen molar-refractivity contribution in [3.05, 3.63) is 11.1 Å². The Bertz CT molecular complexity index is 613. The van der Waals surface area contributed by atoms with Crippen molar-refractivity contribution >= 4 is 28.4 Å². The van der Waals surface area contributed by atoms with Gasteiger partial charge in [0.05, 0.1) is 25.3 Å². The lowest BCUT2D eigenvalue weighted by atomic mass is 10.2. The lowest BCUT2D eigenvalue weighted by molar-refractivity contribution is -0.145. The third kappa shape index (κ3) is 3.81. The van der Waals surface area contributed by atoms with Crippen LogP contribution in [-0.4, -0.2) is 67.1 Å². The van der Waals surface area contributed by atoms with Crippen LogP contribution in [0.1, 0.15) is 12.1 Å². The minimum absolute atomic E-state index is 0.0297. The van der Waals surface area contributed by atoms with Crippen molar-refractivity contribution in [2.75, 3.05) is 37.7 Å². The van der Waals surface area contributed by atoms with Gasteiger partial charge >= 0.3 is 6.03 Å². The molecule has 1 atom stereocenters. The number of hydrogen-bond acceptors (Lipinski definition) is 5. The van der Waals surface area contributed by atoms with E-state index in [0.29, 0.717) is 30.5 Å². The van der Waals surface area contributed by atoms with Crippen LogP contribution in [0.25, 0.3) is 0 Å². The number of ether oxygens (including phenoxy) is 1. The topological polar surface area (TPSA) is 74.8 Å². The lowest BCUT2D eigenvalue weighted by Gasteiger charge is -2.32. The van der Waals surface area contributed by atoms with Gasteiger partial charge in [0, 0.05) is 25.0 Å². The van der Waals surface area contributed by atoms with Crippen molar-refractivity contribution in [2.24, 2.45) is 0 Å². The molecule has 1 aromatic heterocycles. The zero-order valence-electron chi connectivity index (χ0n) is 12.9. The summed E-state index contributed by atoms with van der Waals surface area (Å²) in [4.78, 5) is 31.3. The van der Waals surface area contributed by atoms with E-state index in [1.54, 1.807) is 10.3 Å². The summed E-state index contributed by atoms with van der Waals surface area (Å²) in [6.07, 6.45) is -2.97. The van der Waals surface area contributed by atoms with Gasteiger partial charge in [-0.3, -0.25) is 9.69 Å². The average molecular weight is 360 g/mol. The van der Waals surface area contributed by atoms with Gasteiger partial charge < -0.3 is 15.0 Å². The molecule has 0 bridgehead atoms. The second-order valence-corrected chi connectivity index (χ2v) is 6.46. The van der Waals surface area contributed by atoms with Crippen molar-refractivity contribution in [3.8, 4) is 0 Å². The summed E-state index contributed by atoms with van der Waals surface area (Å²) < 4.78 is 30.4. The third-order valence-electron chi connectivity index (χ3n) is 3.91. The number of aromatic nitrogens is 1. The average Bonchev–Trinajstić information content (AvgIpc) is 3.03. The van der Waals surface area contributed by atoms with E-state index in [2.05, 4.69) is 10.3 Å². The Balaban J connectivity index is 1.60. The molecule has 3 amide bonds. The predicted molar refractivity (Wildman–Crippen MR) is 83.5 cm³/mol. The van der Waals surface area contributed by atoms with E-state index in [1.165, 1.54) is 16.2 Å². The van der Waals surface area contributed by atoms with E-state index in [-0.39, 0.29) is 31.5 Å². The monoisotopic (exact) mass is 360 g/mol. The first-order chi connectivity index (χ1) is 11.5. The van der Waals surface area contributed by atoms with Gasteiger partial charge in [-0.1, -0.05) is 0 Å². The molecule has 1 aromatic rings. The highest BCUT2D eigenvalue weighted by atomic mass is 32.1. The van der Waals surface area contributed by atoms with Gasteiger partial charge in [-0.15, -0.1) is 11.3 Å². The number of carbonyl (C=O) groups excluding carboxylic acids is 2. The number of urea groups is 1. The van der Waals surface area contributed by atoms with Crippen LogP contribution in [0.5, 0.6) is 0 Å². The van der Waals surface area contributed by atoms with E-state index in [4.69, 9.17) is 4.74 Å². The number of alkyl halides is 2. The molecule has 3 rings (SSSR count). The van der Waals surface area contributed by atoms with Gasteiger partial charge in [0.15, 0.2) is 5.13 Å². The fraction of sp³-hybridized carbons (Fsp3) is 0.643. The number of anilines is 1. The first-order valence-electron chi connectivity index (χ1n) is 7.72. The zero-order valence-corrected chi connectivity index (χ0v) is 13.7. The maximum Gasteiger partial charge on any atom is 0.323 e. The van der Waals surface area contributed by atoms with E-state index in [1.807, 2.05) is 0 Å². The fourth-order valence-electron chi connectivity index (χ4n) is 2.63. The number of thiazole rings is 1. The van der Waals surface area contributed by atoms with Gasteiger partial charge in [0.25, 0.3) is 6.43 Å². The first-order valence-corrected chi connectivity index (χ1v) is 8.60. The molecule has 7 nitrogen and oxygen atoms in total. The summed E-state index contributed by atoms with van der Waals surface area (Å²) in [5.74, 6) is -0.260. The molecule has 24 heavy (non-hydrogen) atoms. The highest BCUT2D eigenvalue weighted by Gasteiger charge is 2.30. The van der Waals surface area contributed by atoms with Gasteiger partial charge in [0.2, 0.25) is 5.91 Å². The van der Waals surface area contributed by atoms with Crippen LogP contribution in [0.4, 0.5) is 18.7 Å². The highest BCUT2D eigenvalue weighted by Crippen LogP contribution is 2.23. The third-order valence-corrected chi connectivity index (χ3v) is 4.82. The number of amides is 3. The van der Waals surface area contributed by atoms with Crippen molar-refractivity contribution < 1.29 is 23.1 Å². The number of morpholine rings is 1. The maximum absolute atomic E-state index is 12.7. The molecule has 132 valence electrons. The Hall–Kier alpha value is -1.81. The standard InChI is InChI=1S/C14H18F2N4O3S/c15-12(16)10-7-19(4-5-23-10)11(21)6-9-8-24-14(18-9)20-3-1-2-17-13(20)22/h8,10,12H,1-7H2,(H,17,22)/t10-/m0/s1. The van der Waals surface area contributed by atoms with Crippen LogP contribution in [0, 0.1) is 0 Å². The Morgan fingerprint density at radius 3 is 3.08 bits per heavy atom. The normalized spacial score (nSPS) is 22.0. The van der Waals surface area contributed by atoms with Crippen LogP contribution < -0.4 is 10.2 Å². The lowest BCUT2D eigenvalue weighted by Crippen LogP contribution is -2.48. The Morgan fingerprint density at radius 2 is 2.33 bits per heavy atom. The molecular weight excluding hydrogens is 342 g/mol. The molecule has 3 heterocycles. The molecule has 2 fully saturated rings. The van der Waals surface area contributed by atoms with Crippen molar-refractivity contribution in [1.82, 2.24) is 15.2 Å². The minimum Gasteiger partial charge on any atom is -0.369 e. The smallest absolute Gasteiger partial charge is 0.323 e. The molecule has 10 heteroatoms. The van der Waals surface area contributed by atoms with Gasteiger partial charge in [0.1, 0.15) is 6.10 Å². The molecule has 2 aliphatic heterocycles. The molecule has 0 aliphatic carbocycles. The summed E-state index contributed by atoms with van der Waals surface area (Å²) in [5, 5.41) is 5.01.